The third kappa shape index (κ3) is 1.75. The Morgan fingerprint density at radius 1 is 1.35 bits per heavy atom. The third-order valence-corrected chi connectivity index (χ3v) is 4.75. The average molecular weight is 273 g/mol. The number of ketones is 1. The average Bonchev–Trinajstić information content (AvgIpc) is 2.42. The van der Waals surface area contributed by atoms with E-state index >= 15 is 0 Å². The summed E-state index contributed by atoms with van der Waals surface area (Å²) in [4.78, 5) is 14.6. The summed E-state index contributed by atoms with van der Waals surface area (Å²) in [6.07, 6.45) is 3.64. The largest absolute Gasteiger partial charge is 0.444 e. The molecule has 5 heteroatoms. The molecule has 3 aliphatic rings. The quantitative estimate of drug-likeness (QED) is 0.722. The number of hydrogen-bond acceptors (Lipinski definition) is 5. The number of fused-ring (bicyclic) bond motifs is 1. The fourth-order valence-corrected chi connectivity index (χ4v) is 3.66. The number of allylic oxidation sites excluding steroid dienone is 3. The van der Waals surface area contributed by atoms with Gasteiger partial charge in [-0.3, -0.25) is 4.79 Å². The van der Waals surface area contributed by atoms with E-state index < -0.39 is 5.41 Å². The van der Waals surface area contributed by atoms with E-state index in [2.05, 4.69) is 18.0 Å². The van der Waals surface area contributed by atoms with Gasteiger partial charge < -0.3 is 15.4 Å². The lowest BCUT2D eigenvalue weighted by Crippen LogP contribution is -2.45. The monoisotopic (exact) mass is 273 g/mol. The summed E-state index contributed by atoms with van der Waals surface area (Å²) < 4.78 is 5.60. The lowest BCUT2D eigenvalue weighted by atomic mass is 9.63. The maximum atomic E-state index is 12.4. The van der Waals surface area contributed by atoms with Crippen molar-refractivity contribution in [2.24, 2.45) is 11.1 Å². The number of hydrogen-bond donors (Lipinski definition) is 1. The van der Waals surface area contributed by atoms with Crippen LogP contribution >= 0.6 is 0 Å². The zero-order valence-electron chi connectivity index (χ0n) is 11.7. The van der Waals surface area contributed by atoms with Crippen molar-refractivity contribution >= 4 is 5.78 Å². The van der Waals surface area contributed by atoms with Crippen LogP contribution in [0.3, 0.4) is 0 Å². The number of nitrogens with two attached hydrogens (primary N) is 1. The van der Waals surface area contributed by atoms with E-state index in [4.69, 9.17) is 10.5 Å². The second-order valence-corrected chi connectivity index (χ2v) is 5.91. The van der Waals surface area contributed by atoms with Gasteiger partial charge in [-0.25, -0.2) is 0 Å². The maximum absolute atomic E-state index is 12.4. The molecule has 106 valence electrons. The summed E-state index contributed by atoms with van der Waals surface area (Å²) in [6.45, 7) is 1.73. The van der Waals surface area contributed by atoms with E-state index in [0.717, 1.165) is 44.3 Å². The highest BCUT2D eigenvalue weighted by atomic mass is 16.5. The van der Waals surface area contributed by atoms with Gasteiger partial charge in [-0.15, -0.1) is 0 Å². The van der Waals surface area contributed by atoms with E-state index in [9.17, 15) is 10.1 Å². The SMILES string of the molecule is CN1CCC2(CC1)C(C#N)=C(N)OC1=C2C(=O)CCC1. The molecule has 1 spiro atoms. The lowest BCUT2D eigenvalue weighted by molar-refractivity contribution is -0.118. The Morgan fingerprint density at radius 3 is 2.70 bits per heavy atom. The highest BCUT2D eigenvalue weighted by Gasteiger charge is 2.50. The standard InChI is InChI=1S/C15H19N3O2/c1-18-7-5-15(6-8-18)10(9-16)14(17)20-12-4-2-3-11(19)13(12)15/h2-8,17H2,1H3. The number of carbonyl (C=O) groups excluding carboxylic acids is 1. The van der Waals surface area contributed by atoms with Gasteiger partial charge in [0.2, 0.25) is 5.88 Å². The van der Waals surface area contributed by atoms with E-state index in [1.54, 1.807) is 0 Å². The molecule has 0 saturated carbocycles. The molecule has 0 unspecified atom stereocenters. The smallest absolute Gasteiger partial charge is 0.205 e. The number of Topliss-reactive ketones (excluding diaryl/α,β-unsaturated/α-hetero) is 1. The summed E-state index contributed by atoms with van der Waals surface area (Å²) >= 11 is 0. The Hall–Kier alpha value is -1.80. The minimum Gasteiger partial charge on any atom is -0.444 e. The minimum absolute atomic E-state index is 0.135. The van der Waals surface area contributed by atoms with Crippen molar-refractivity contribution in [1.82, 2.24) is 4.90 Å². The van der Waals surface area contributed by atoms with Crippen molar-refractivity contribution in [3.05, 3.63) is 22.8 Å². The van der Waals surface area contributed by atoms with Gasteiger partial charge in [-0.2, -0.15) is 5.26 Å². The highest BCUT2D eigenvalue weighted by Crippen LogP contribution is 2.52. The molecular weight excluding hydrogens is 254 g/mol. The Labute approximate surface area is 118 Å². The van der Waals surface area contributed by atoms with Crippen molar-refractivity contribution in [3.63, 3.8) is 0 Å². The van der Waals surface area contributed by atoms with Crippen LogP contribution in [0.2, 0.25) is 0 Å². The molecule has 1 aliphatic carbocycles. The number of piperidine rings is 1. The zero-order valence-corrected chi connectivity index (χ0v) is 11.7. The predicted molar refractivity (Wildman–Crippen MR) is 73.0 cm³/mol. The number of ether oxygens (including phenoxy) is 1. The number of carbonyl (C=O) groups is 1. The van der Waals surface area contributed by atoms with Crippen molar-refractivity contribution in [1.29, 1.82) is 5.26 Å². The summed E-state index contributed by atoms with van der Waals surface area (Å²) in [5, 5.41) is 9.51. The summed E-state index contributed by atoms with van der Waals surface area (Å²) in [6, 6.07) is 2.21. The molecule has 0 atom stereocenters. The first-order valence-corrected chi connectivity index (χ1v) is 7.12. The first kappa shape index (κ1) is 13.2. The van der Waals surface area contributed by atoms with E-state index in [1.165, 1.54) is 0 Å². The minimum atomic E-state index is -0.504. The molecular formula is C15H19N3O2. The fraction of sp³-hybridized carbons (Fsp3) is 0.600. The van der Waals surface area contributed by atoms with Crippen LogP contribution in [0.25, 0.3) is 0 Å². The van der Waals surface area contributed by atoms with Gasteiger partial charge in [0, 0.05) is 23.8 Å². The van der Waals surface area contributed by atoms with Crippen LogP contribution in [0, 0.1) is 16.7 Å². The molecule has 1 saturated heterocycles. The van der Waals surface area contributed by atoms with E-state index in [0.29, 0.717) is 17.8 Å². The topological polar surface area (TPSA) is 79.3 Å². The Morgan fingerprint density at radius 2 is 2.05 bits per heavy atom. The number of likely N-dealkylation sites (tertiary alicyclic amines) is 1. The van der Waals surface area contributed by atoms with Gasteiger partial charge in [0.15, 0.2) is 5.78 Å². The molecule has 3 rings (SSSR count). The van der Waals surface area contributed by atoms with Crippen molar-refractivity contribution in [3.8, 4) is 6.07 Å². The van der Waals surface area contributed by atoms with Gasteiger partial charge in [0.05, 0.1) is 0 Å². The van der Waals surface area contributed by atoms with Crippen LogP contribution in [0.15, 0.2) is 22.8 Å². The molecule has 0 aromatic heterocycles. The van der Waals surface area contributed by atoms with Gasteiger partial charge in [-0.1, -0.05) is 0 Å². The van der Waals surface area contributed by atoms with Crippen molar-refractivity contribution < 1.29 is 9.53 Å². The molecule has 0 amide bonds. The Bertz CT molecular complexity index is 560. The van der Waals surface area contributed by atoms with Crippen molar-refractivity contribution in [2.45, 2.75) is 32.1 Å². The molecule has 0 radical (unpaired) electrons. The normalized spacial score (nSPS) is 26.3. The number of nitrogens with zero attached hydrogens (tertiary/aromatic N) is 2. The van der Waals surface area contributed by atoms with Crippen LogP contribution in [-0.4, -0.2) is 30.8 Å². The zero-order chi connectivity index (χ0) is 14.3. The Balaban J connectivity index is 2.13. The molecule has 2 N–H and O–H groups in total. The molecule has 2 heterocycles. The number of rotatable bonds is 0. The first-order chi connectivity index (χ1) is 9.58. The van der Waals surface area contributed by atoms with Gasteiger partial charge in [-0.05, 0) is 39.4 Å². The van der Waals surface area contributed by atoms with Gasteiger partial charge >= 0.3 is 0 Å². The van der Waals surface area contributed by atoms with Crippen LogP contribution in [-0.2, 0) is 9.53 Å². The first-order valence-electron chi connectivity index (χ1n) is 7.12. The molecule has 0 bridgehead atoms. The highest BCUT2D eigenvalue weighted by molar-refractivity contribution is 5.99. The predicted octanol–water partition coefficient (Wildman–Crippen LogP) is 1.43. The summed E-state index contributed by atoms with van der Waals surface area (Å²) in [5.74, 6) is 1.05. The maximum Gasteiger partial charge on any atom is 0.205 e. The second-order valence-electron chi connectivity index (χ2n) is 5.91. The van der Waals surface area contributed by atoms with Crippen LogP contribution in [0.5, 0.6) is 0 Å². The van der Waals surface area contributed by atoms with Crippen LogP contribution < -0.4 is 5.73 Å². The van der Waals surface area contributed by atoms with Crippen molar-refractivity contribution in [2.75, 3.05) is 20.1 Å². The Kier molecular flexibility index (Phi) is 3.06. The molecule has 20 heavy (non-hydrogen) atoms. The van der Waals surface area contributed by atoms with E-state index in [-0.39, 0.29) is 11.7 Å². The van der Waals surface area contributed by atoms with Gasteiger partial charge in [0.1, 0.15) is 17.4 Å². The van der Waals surface area contributed by atoms with Crippen LogP contribution in [0.4, 0.5) is 0 Å². The fourth-order valence-electron chi connectivity index (χ4n) is 3.66. The summed E-state index contributed by atoms with van der Waals surface area (Å²) in [7, 11) is 2.06. The second kappa shape index (κ2) is 4.64. The molecule has 1 fully saturated rings. The van der Waals surface area contributed by atoms with Gasteiger partial charge in [0.25, 0.3) is 0 Å². The van der Waals surface area contributed by atoms with Crippen LogP contribution in [0.1, 0.15) is 32.1 Å². The molecule has 2 aliphatic heterocycles. The number of nitriles is 1. The molecule has 5 nitrogen and oxygen atoms in total. The molecule has 0 aromatic carbocycles. The molecule has 0 aromatic rings. The summed E-state index contributed by atoms with van der Waals surface area (Å²) in [5.41, 5.74) is 6.65. The van der Waals surface area contributed by atoms with E-state index in [1.807, 2.05) is 0 Å². The lowest BCUT2D eigenvalue weighted by Gasteiger charge is -2.45. The third-order valence-electron chi connectivity index (χ3n) is 4.75.